The number of para-hydroxylation sites is 2. The van der Waals surface area contributed by atoms with E-state index in [1.165, 1.54) is 16.3 Å². The minimum absolute atomic E-state index is 0.128. The topological polar surface area (TPSA) is 50.4 Å². The highest BCUT2D eigenvalue weighted by molar-refractivity contribution is 6.02. The van der Waals surface area contributed by atoms with Crippen LogP contribution < -0.4 is 15.4 Å². The smallest absolute Gasteiger partial charge is 0.163 e. The van der Waals surface area contributed by atoms with E-state index in [-0.39, 0.29) is 17.7 Å². The molecule has 0 spiro atoms. The van der Waals surface area contributed by atoms with Gasteiger partial charge in [-0.15, -0.1) is 0 Å². The number of benzene rings is 4. The zero-order chi connectivity index (χ0) is 23.8. The molecule has 0 radical (unpaired) electrons. The molecule has 2 aliphatic rings. The molecule has 4 nitrogen and oxygen atoms in total. The molecular weight excluding hydrogens is 432 g/mol. The van der Waals surface area contributed by atoms with E-state index in [0.29, 0.717) is 13.0 Å². The predicted octanol–water partition coefficient (Wildman–Crippen LogP) is 7.22. The number of hydrogen-bond donors (Lipinski definition) is 2. The van der Waals surface area contributed by atoms with Gasteiger partial charge in [0.15, 0.2) is 5.78 Å². The second-order valence-corrected chi connectivity index (χ2v) is 9.24. The van der Waals surface area contributed by atoms with Crippen LogP contribution in [-0.4, -0.2) is 12.4 Å². The van der Waals surface area contributed by atoms with Crippen molar-refractivity contribution < 1.29 is 9.53 Å². The Morgan fingerprint density at radius 1 is 0.829 bits per heavy atom. The maximum Gasteiger partial charge on any atom is 0.163 e. The van der Waals surface area contributed by atoms with Crippen LogP contribution in [0.25, 0.3) is 10.8 Å². The highest BCUT2D eigenvalue weighted by Crippen LogP contribution is 2.45. The quantitative estimate of drug-likeness (QED) is 0.338. The molecule has 35 heavy (non-hydrogen) atoms. The normalized spacial score (nSPS) is 19.3. The fourth-order valence-corrected chi connectivity index (χ4v) is 5.47. The first kappa shape index (κ1) is 21.5. The largest absolute Gasteiger partial charge is 0.494 e. The first-order chi connectivity index (χ1) is 17.2. The van der Waals surface area contributed by atoms with Crippen molar-refractivity contribution in [2.45, 2.75) is 31.7 Å². The number of allylic oxidation sites excluding steroid dienone is 1. The molecule has 0 bridgehead atoms. The Balaban J connectivity index is 1.45. The Hall–Kier alpha value is -4.05. The number of hydrogen-bond acceptors (Lipinski definition) is 4. The number of Topliss-reactive ketones (excluding diaryl/α,β-unsaturated/α-hetero) is 1. The third-order valence-electron chi connectivity index (χ3n) is 7.11. The summed E-state index contributed by atoms with van der Waals surface area (Å²) < 4.78 is 5.61. The number of carbonyl (C=O) groups is 1. The number of rotatable bonds is 4. The first-order valence-corrected chi connectivity index (χ1v) is 12.3. The molecule has 4 heteroatoms. The molecular formula is C31H28N2O2. The van der Waals surface area contributed by atoms with Crippen molar-refractivity contribution in [2.75, 3.05) is 17.2 Å². The first-order valence-electron chi connectivity index (χ1n) is 12.3. The number of nitrogens with one attached hydrogen (secondary N) is 2. The van der Waals surface area contributed by atoms with Crippen LogP contribution in [0.4, 0.5) is 11.4 Å². The van der Waals surface area contributed by atoms with Gasteiger partial charge in [-0.05, 0) is 65.4 Å². The van der Waals surface area contributed by atoms with Crippen molar-refractivity contribution in [1.82, 2.24) is 0 Å². The SMILES string of the molecule is CCOc1ccc(C2CC(=O)C3=C(C2)Nc2ccccc2NC3c2cccc3ccccc23)cc1. The summed E-state index contributed by atoms with van der Waals surface area (Å²) in [6.45, 7) is 2.63. The molecule has 0 amide bonds. The molecule has 2 N–H and O–H groups in total. The van der Waals surface area contributed by atoms with Gasteiger partial charge in [0.1, 0.15) is 5.75 Å². The maximum atomic E-state index is 13.8. The van der Waals surface area contributed by atoms with Crippen molar-refractivity contribution in [1.29, 1.82) is 0 Å². The van der Waals surface area contributed by atoms with E-state index >= 15 is 0 Å². The third-order valence-corrected chi connectivity index (χ3v) is 7.11. The van der Waals surface area contributed by atoms with E-state index in [1.807, 2.05) is 31.2 Å². The monoisotopic (exact) mass is 460 g/mol. The van der Waals surface area contributed by atoms with Crippen molar-refractivity contribution in [3.8, 4) is 5.75 Å². The van der Waals surface area contributed by atoms with Gasteiger partial charge in [0.2, 0.25) is 0 Å². The van der Waals surface area contributed by atoms with Crippen LogP contribution in [0.5, 0.6) is 5.75 Å². The summed E-state index contributed by atoms with van der Waals surface area (Å²) in [7, 11) is 0. The van der Waals surface area contributed by atoms with E-state index in [0.717, 1.165) is 40.4 Å². The van der Waals surface area contributed by atoms with Gasteiger partial charge in [-0.1, -0.05) is 66.7 Å². The van der Waals surface area contributed by atoms with Crippen molar-refractivity contribution in [3.63, 3.8) is 0 Å². The lowest BCUT2D eigenvalue weighted by atomic mass is 9.78. The lowest BCUT2D eigenvalue weighted by molar-refractivity contribution is -0.116. The van der Waals surface area contributed by atoms with Crippen LogP contribution in [0.1, 0.15) is 42.9 Å². The molecule has 0 aromatic heterocycles. The van der Waals surface area contributed by atoms with Crippen molar-refractivity contribution in [3.05, 3.63) is 113 Å². The van der Waals surface area contributed by atoms with Gasteiger partial charge in [0, 0.05) is 17.7 Å². The third kappa shape index (κ3) is 3.95. The molecule has 0 saturated carbocycles. The second kappa shape index (κ2) is 8.95. The Bertz CT molecular complexity index is 1430. The fraction of sp³-hybridized carbons (Fsp3) is 0.194. The van der Waals surface area contributed by atoms with E-state index in [2.05, 4.69) is 77.4 Å². The lowest BCUT2D eigenvalue weighted by Gasteiger charge is -2.30. The summed E-state index contributed by atoms with van der Waals surface area (Å²) in [5.74, 6) is 1.18. The highest BCUT2D eigenvalue weighted by Gasteiger charge is 2.36. The molecule has 2 unspecified atom stereocenters. The van der Waals surface area contributed by atoms with Gasteiger partial charge >= 0.3 is 0 Å². The molecule has 174 valence electrons. The van der Waals surface area contributed by atoms with E-state index in [9.17, 15) is 4.79 Å². The summed E-state index contributed by atoms with van der Waals surface area (Å²) in [5, 5.41) is 9.70. The molecule has 4 aromatic rings. The van der Waals surface area contributed by atoms with Crippen LogP contribution in [0.3, 0.4) is 0 Å². The summed E-state index contributed by atoms with van der Waals surface area (Å²) in [6.07, 6.45) is 1.28. The molecule has 1 heterocycles. The van der Waals surface area contributed by atoms with Crippen molar-refractivity contribution in [2.24, 2.45) is 0 Å². The minimum atomic E-state index is -0.221. The number of carbonyl (C=O) groups excluding carboxylic acids is 1. The Morgan fingerprint density at radius 3 is 2.40 bits per heavy atom. The maximum absolute atomic E-state index is 13.8. The summed E-state index contributed by atoms with van der Waals surface area (Å²) in [4.78, 5) is 13.8. The summed E-state index contributed by atoms with van der Waals surface area (Å²) >= 11 is 0. The summed E-state index contributed by atoms with van der Waals surface area (Å²) in [6, 6.07) is 30.9. The zero-order valence-corrected chi connectivity index (χ0v) is 19.8. The van der Waals surface area contributed by atoms with Gasteiger partial charge in [-0.25, -0.2) is 0 Å². The fourth-order valence-electron chi connectivity index (χ4n) is 5.47. The molecule has 1 aliphatic heterocycles. The van der Waals surface area contributed by atoms with Crippen LogP contribution in [-0.2, 0) is 4.79 Å². The molecule has 4 aromatic carbocycles. The van der Waals surface area contributed by atoms with Gasteiger partial charge in [0.05, 0.1) is 24.0 Å². The van der Waals surface area contributed by atoms with E-state index in [4.69, 9.17) is 4.74 Å². The highest BCUT2D eigenvalue weighted by atomic mass is 16.5. The van der Waals surface area contributed by atoms with Crippen LogP contribution in [0.2, 0.25) is 0 Å². The Labute approximate surface area is 205 Å². The minimum Gasteiger partial charge on any atom is -0.494 e. The van der Waals surface area contributed by atoms with Crippen LogP contribution in [0, 0.1) is 0 Å². The predicted molar refractivity (Wildman–Crippen MR) is 142 cm³/mol. The zero-order valence-electron chi connectivity index (χ0n) is 19.8. The molecule has 1 aliphatic carbocycles. The lowest BCUT2D eigenvalue weighted by Crippen LogP contribution is -2.27. The Morgan fingerprint density at radius 2 is 1.57 bits per heavy atom. The molecule has 2 atom stereocenters. The average Bonchev–Trinajstić information content (AvgIpc) is 3.06. The Kier molecular flexibility index (Phi) is 5.49. The van der Waals surface area contributed by atoms with Gasteiger partial charge in [0.25, 0.3) is 0 Å². The number of ketones is 1. The summed E-state index contributed by atoms with van der Waals surface area (Å²) in [5.41, 5.74) is 6.16. The van der Waals surface area contributed by atoms with Gasteiger partial charge < -0.3 is 15.4 Å². The van der Waals surface area contributed by atoms with Gasteiger partial charge in [-0.2, -0.15) is 0 Å². The number of anilines is 2. The molecule has 6 rings (SSSR count). The standard InChI is InChI=1S/C31H28N2O2/c1-2-35-23-16-14-20(15-17-23)22-18-28-30(29(34)19-22)31(33-27-13-6-5-12-26(27)32-28)25-11-7-9-21-8-3-4-10-24(21)25/h3-17,22,31-33H,2,18-19H2,1H3. The number of fused-ring (bicyclic) bond motifs is 2. The van der Waals surface area contributed by atoms with E-state index < -0.39 is 0 Å². The van der Waals surface area contributed by atoms with E-state index in [1.54, 1.807) is 0 Å². The van der Waals surface area contributed by atoms with Gasteiger partial charge in [-0.3, -0.25) is 4.79 Å². The van der Waals surface area contributed by atoms with Crippen LogP contribution >= 0.6 is 0 Å². The molecule has 0 saturated heterocycles. The second-order valence-electron chi connectivity index (χ2n) is 9.24. The number of ether oxygens (including phenoxy) is 1. The van der Waals surface area contributed by atoms with Crippen molar-refractivity contribution >= 4 is 27.9 Å². The van der Waals surface area contributed by atoms with Crippen LogP contribution in [0.15, 0.2) is 102 Å². The molecule has 0 fully saturated rings. The average molecular weight is 461 g/mol.